The third-order valence-corrected chi connectivity index (χ3v) is 4.56. The second-order valence-electron chi connectivity index (χ2n) is 6.40. The molecule has 0 aliphatic carbocycles. The number of nitrogens with zero attached hydrogens (tertiary/aromatic N) is 1. The number of methoxy groups -OCH3 is 1. The number of rotatable bonds is 5. The highest BCUT2D eigenvalue weighted by atomic mass is 16.5. The number of ether oxygens (including phenoxy) is 1. The van der Waals surface area contributed by atoms with E-state index >= 15 is 0 Å². The Balaban J connectivity index is 1.72. The second kappa shape index (κ2) is 6.97. The minimum absolute atomic E-state index is 0.0691. The molecule has 1 N–H and O–H groups in total. The van der Waals surface area contributed by atoms with Crippen LogP contribution in [0.1, 0.15) is 29.0 Å². The number of para-hydroxylation sites is 1. The smallest absolute Gasteiger partial charge is 0.232 e. The van der Waals surface area contributed by atoms with Crippen LogP contribution >= 0.6 is 0 Å². The Labute approximate surface area is 147 Å². The Morgan fingerprint density at radius 1 is 1.24 bits per heavy atom. The zero-order chi connectivity index (χ0) is 18.0. The average molecular weight is 338 g/mol. The number of hydrogen-bond donors (Lipinski definition) is 1. The van der Waals surface area contributed by atoms with Gasteiger partial charge in [-0.3, -0.25) is 9.59 Å². The molecular weight excluding hydrogens is 316 g/mol. The molecule has 2 aromatic rings. The van der Waals surface area contributed by atoms with Crippen molar-refractivity contribution in [3.8, 4) is 5.75 Å². The van der Waals surface area contributed by atoms with E-state index in [0.29, 0.717) is 6.54 Å². The van der Waals surface area contributed by atoms with Crippen molar-refractivity contribution >= 4 is 17.5 Å². The van der Waals surface area contributed by atoms with E-state index < -0.39 is 5.92 Å². The molecule has 0 radical (unpaired) electrons. The van der Waals surface area contributed by atoms with Gasteiger partial charge in [0.25, 0.3) is 0 Å². The number of benzene rings is 2. The fraction of sp³-hybridized carbons (Fsp3) is 0.300. The molecule has 0 unspecified atom stereocenters. The Morgan fingerprint density at radius 2 is 2.00 bits per heavy atom. The van der Waals surface area contributed by atoms with Crippen molar-refractivity contribution < 1.29 is 14.3 Å². The molecule has 1 heterocycles. The number of amides is 2. The van der Waals surface area contributed by atoms with Gasteiger partial charge in [-0.1, -0.05) is 35.9 Å². The maximum atomic E-state index is 12.6. The van der Waals surface area contributed by atoms with Crippen molar-refractivity contribution in [3.05, 3.63) is 59.2 Å². The monoisotopic (exact) mass is 338 g/mol. The predicted octanol–water partition coefficient (Wildman–Crippen LogP) is 3.09. The lowest BCUT2D eigenvalue weighted by Crippen LogP contribution is -2.29. The zero-order valence-electron chi connectivity index (χ0n) is 14.7. The molecule has 1 aliphatic rings. The lowest BCUT2D eigenvalue weighted by Gasteiger charge is -2.20. The fourth-order valence-electron chi connectivity index (χ4n) is 3.18. The van der Waals surface area contributed by atoms with Crippen LogP contribution in [0.2, 0.25) is 0 Å². The van der Waals surface area contributed by atoms with Crippen molar-refractivity contribution in [1.29, 1.82) is 0 Å². The quantitative estimate of drug-likeness (QED) is 0.911. The van der Waals surface area contributed by atoms with Crippen LogP contribution in [0.15, 0.2) is 42.5 Å². The van der Waals surface area contributed by atoms with Gasteiger partial charge in [0.05, 0.1) is 13.0 Å². The molecule has 1 atom stereocenters. The van der Waals surface area contributed by atoms with Gasteiger partial charge >= 0.3 is 0 Å². The average Bonchev–Trinajstić information content (AvgIpc) is 2.91. The van der Waals surface area contributed by atoms with E-state index in [1.807, 2.05) is 49.4 Å². The van der Waals surface area contributed by atoms with Crippen LogP contribution in [-0.4, -0.2) is 30.9 Å². The van der Waals surface area contributed by atoms with Crippen molar-refractivity contribution in [3.63, 3.8) is 0 Å². The molecule has 0 saturated heterocycles. The highest BCUT2D eigenvalue weighted by Crippen LogP contribution is 2.34. The number of hydrogen-bond acceptors (Lipinski definition) is 3. The molecule has 5 nitrogen and oxygen atoms in total. The minimum Gasteiger partial charge on any atom is -0.496 e. The summed E-state index contributed by atoms with van der Waals surface area (Å²) in [6, 6.07) is 13.4. The molecule has 0 spiro atoms. The third-order valence-electron chi connectivity index (χ3n) is 4.56. The maximum absolute atomic E-state index is 12.6. The normalized spacial score (nSPS) is 15.5. The molecule has 3 rings (SSSR count). The van der Waals surface area contributed by atoms with Crippen molar-refractivity contribution in [2.75, 3.05) is 19.5 Å². The molecule has 2 aromatic carbocycles. The van der Waals surface area contributed by atoms with Gasteiger partial charge in [0, 0.05) is 31.3 Å². The first-order chi connectivity index (χ1) is 12.0. The van der Waals surface area contributed by atoms with Crippen LogP contribution < -0.4 is 10.1 Å². The Kier molecular flexibility index (Phi) is 4.74. The molecule has 5 heteroatoms. The first-order valence-corrected chi connectivity index (χ1v) is 8.27. The van der Waals surface area contributed by atoms with Gasteiger partial charge in [-0.05, 0) is 24.6 Å². The van der Waals surface area contributed by atoms with E-state index in [4.69, 9.17) is 4.74 Å². The fourth-order valence-corrected chi connectivity index (χ4v) is 3.18. The number of aryl methyl sites for hydroxylation is 1. The molecule has 1 aliphatic heterocycles. The van der Waals surface area contributed by atoms with Gasteiger partial charge in [-0.15, -0.1) is 0 Å². The molecule has 0 fully saturated rings. The number of carbonyl (C=O) groups excluding carboxylic acids is 2. The van der Waals surface area contributed by atoms with Crippen LogP contribution in [0, 0.1) is 6.92 Å². The standard InChI is InChI=1S/C20H22N2O3/c1-13-8-9-18(25-3)14(10-13)12-22(2)19(23)11-16-15-6-4-5-7-17(15)21-20(16)24/h4-10,16H,11-12H2,1-3H3,(H,21,24)/t16-/m1/s1. The lowest BCUT2D eigenvalue weighted by atomic mass is 9.96. The van der Waals surface area contributed by atoms with E-state index in [0.717, 1.165) is 28.1 Å². The van der Waals surface area contributed by atoms with Gasteiger partial charge in [0.1, 0.15) is 5.75 Å². The van der Waals surface area contributed by atoms with Crippen molar-refractivity contribution in [1.82, 2.24) is 4.90 Å². The summed E-state index contributed by atoms with van der Waals surface area (Å²) in [5.74, 6) is 0.149. The van der Waals surface area contributed by atoms with Crippen molar-refractivity contribution in [2.24, 2.45) is 0 Å². The number of anilines is 1. The van der Waals surface area contributed by atoms with Crippen LogP contribution in [0.25, 0.3) is 0 Å². The van der Waals surface area contributed by atoms with Crippen LogP contribution in [0.5, 0.6) is 5.75 Å². The SMILES string of the molecule is COc1ccc(C)cc1CN(C)C(=O)C[C@H]1C(=O)Nc2ccccc21. The van der Waals surface area contributed by atoms with Gasteiger partial charge in [0.2, 0.25) is 11.8 Å². The highest BCUT2D eigenvalue weighted by Gasteiger charge is 2.32. The molecule has 0 aromatic heterocycles. The first-order valence-electron chi connectivity index (χ1n) is 8.27. The molecule has 0 bridgehead atoms. The summed E-state index contributed by atoms with van der Waals surface area (Å²) in [5.41, 5.74) is 3.76. The largest absolute Gasteiger partial charge is 0.496 e. The summed E-state index contributed by atoms with van der Waals surface area (Å²) in [7, 11) is 3.37. The molecule has 2 amide bonds. The number of carbonyl (C=O) groups is 2. The van der Waals surface area contributed by atoms with Gasteiger partial charge in [0.15, 0.2) is 0 Å². The van der Waals surface area contributed by atoms with E-state index in [1.54, 1.807) is 19.1 Å². The molecule has 130 valence electrons. The van der Waals surface area contributed by atoms with Gasteiger partial charge in [-0.25, -0.2) is 0 Å². The lowest BCUT2D eigenvalue weighted by molar-refractivity contribution is -0.132. The number of fused-ring (bicyclic) bond motifs is 1. The van der Waals surface area contributed by atoms with E-state index in [9.17, 15) is 9.59 Å². The summed E-state index contributed by atoms with van der Waals surface area (Å²) in [6.07, 6.45) is 0.160. The zero-order valence-corrected chi connectivity index (χ0v) is 14.7. The molecular formula is C20H22N2O3. The number of nitrogens with one attached hydrogen (secondary N) is 1. The second-order valence-corrected chi connectivity index (χ2v) is 6.40. The van der Waals surface area contributed by atoms with Gasteiger partial charge < -0.3 is 15.0 Å². The predicted molar refractivity (Wildman–Crippen MR) is 96.6 cm³/mol. The Bertz CT molecular complexity index is 816. The van der Waals surface area contributed by atoms with Crippen molar-refractivity contribution in [2.45, 2.75) is 25.8 Å². The van der Waals surface area contributed by atoms with E-state index in [1.165, 1.54) is 0 Å². The van der Waals surface area contributed by atoms with Crippen LogP contribution in [-0.2, 0) is 16.1 Å². The summed E-state index contributed by atoms with van der Waals surface area (Å²) in [6.45, 7) is 2.45. The molecule has 0 saturated carbocycles. The first kappa shape index (κ1) is 17.0. The van der Waals surface area contributed by atoms with Crippen LogP contribution in [0.3, 0.4) is 0 Å². The maximum Gasteiger partial charge on any atom is 0.232 e. The summed E-state index contributed by atoms with van der Waals surface area (Å²) in [5, 5.41) is 2.84. The minimum atomic E-state index is -0.425. The Hall–Kier alpha value is -2.82. The highest BCUT2D eigenvalue weighted by molar-refractivity contribution is 6.04. The topological polar surface area (TPSA) is 58.6 Å². The van der Waals surface area contributed by atoms with Crippen LogP contribution in [0.4, 0.5) is 5.69 Å². The summed E-state index contributed by atoms with van der Waals surface area (Å²) >= 11 is 0. The van der Waals surface area contributed by atoms with E-state index in [2.05, 4.69) is 5.32 Å². The molecule has 25 heavy (non-hydrogen) atoms. The van der Waals surface area contributed by atoms with E-state index in [-0.39, 0.29) is 18.2 Å². The van der Waals surface area contributed by atoms with Gasteiger partial charge in [-0.2, -0.15) is 0 Å². The summed E-state index contributed by atoms with van der Waals surface area (Å²) < 4.78 is 5.38. The summed E-state index contributed by atoms with van der Waals surface area (Å²) in [4.78, 5) is 26.5. The third kappa shape index (κ3) is 3.50. The Morgan fingerprint density at radius 3 is 2.76 bits per heavy atom.